The molecule has 0 N–H and O–H groups in total. The van der Waals surface area contributed by atoms with Gasteiger partial charge >= 0.3 is 0 Å². The molecule has 0 bridgehead atoms. The van der Waals surface area contributed by atoms with Gasteiger partial charge in [0.05, 0.1) is 5.56 Å². The van der Waals surface area contributed by atoms with E-state index in [4.69, 9.17) is 0 Å². The van der Waals surface area contributed by atoms with Gasteiger partial charge in [-0.15, -0.1) is 0 Å². The average Bonchev–Trinajstić information content (AvgIpc) is 2.62. The first-order valence-corrected chi connectivity index (χ1v) is 9.31. The summed E-state index contributed by atoms with van der Waals surface area (Å²) in [6.45, 7) is 0. The maximum absolute atomic E-state index is 13.2. The third kappa shape index (κ3) is 2.76. The predicted octanol–water partition coefficient (Wildman–Crippen LogP) is 5.90. The number of rotatable bonds is 2. The second kappa shape index (κ2) is 6.46. The highest BCUT2D eigenvalue weighted by Gasteiger charge is 2.34. The summed E-state index contributed by atoms with van der Waals surface area (Å²) in [7, 11) is 0. The first-order valence-electron chi connectivity index (χ1n) is 7.64. The number of amides is 1. The highest BCUT2D eigenvalue weighted by molar-refractivity contribution is 9.10. The van der Waals surface area contributed by atoms with E-state index in [9.17, 15) is 4.79 Å². The van der Waals surface area contributed by atoms with Crippen LogP contribution in [-0.4, -0.2) is 5.91 Å². The molecular weight excluding hydrogens is 382 g/mol. The van der Waals surface area contributed by atoms with Gasteiger partial charge in [-0.3, -0.25) is 9.69 Å². The van der Waals surface area contributed by atoms with E-state index in [2.05, 4.69) is 28.1 Å². The number of fused-ring (bicyclic) bond motifs is 1. The minimum absolute atomic E-state index is 0.0382. The molecule has 1 heterocycles. The second-order valence-corrected chi connectivity index (χ2v) is 7.57. The summed E-state index contributed by atoms with van der Waals surface area (Å²) in [6.07, 6.45) is 0. The van der Waals surface area contributed by atoms with Gasteiger partial charge in [0.15, 0.2) is 0 Å². The molecule has 0 radical (unpaired) electrons. The number of carbonyl (C=O) groups is 1. The number of halogens is 1. The monoisotopic (exact) mass is 395 g/mol. The quantitative estimate of drug-likeness (QED) is 0.538. The standard InChI is InChI=1S/C20H14BrNOS/c21-15-9-6-10-16(13-15)22-19(23)17-11-4-5-12-18(17)24-20(22)14-7-2-1-3-8-14/h1-13,20H. The van der Waals surface area contributed by atoms with Crippen LogP contribution in [0.3, 0.4) is 0 Å². The van der Waals surface area contributed by atoms with Crippen molar-refractivity contribution >= 4 is 39.3 Å². The number of hydrogen-bond donors (Lipinski definition) is 0. The van der Waals surface area contributed by atoms with Crippen LogP contribution in [0.15, 0.2) is 88.2 Å². The largest absolute Gasteiger partial charge is 0.291 e. The molecule has 3 aromatic carbocycles. The molecule has 0 fully saturated rings. The molecule has 1 atom stereocenters. The summed E-state index contributed by atoms with van der Waals surface area (Å²) in [5.41, 5.74) is 2.77. The van der Waals surface area contributed by atoms with Crippen molar-refractivity contribution in [3.8, 4) is 0 Å². The topological polar surface area (TPSA) is 20.3 Å². The highest BCUT2D eigenvalue weighted by atomic mass is 79.9. The molecule has 24 heavy (non-hydrogen) atoms. The smallest absolute Gasteiger partial charge is 0.260 e. The third-order valence-corrected chi connectivity index (χ3v) is 5.79. The third-order valence-electron chi connectivity index (χ3n) is 3.98. The van der Waals surface area contributed by atoms with Crippen molar-refractivity contribution < 1.29 is 4.79 Å². The number of benzene rings is 3. The van der Waals surface area contributed by atoms with Crippen LogP contribution in [0.5, 0.6) is 0 Å². The molecule has 0 aliphatic carbocycles. The maximum Gasteiger partial charge on any atom is 0.260 e. The van der Waals surface area contributed by atoms with Gasteiger partial charge in [0.25, 0.3) is 5.91 Å². The van der Waals surface area contributed by atoms with Crippen molar-refractivity contribution in [1.82, 2.24) is 0 Å². The Balaban J connectivity index is 1.88. The number of nitrogens with zero attached hydrogens (tertiary/aromatic N) is 1. The van der Waals surface area contributed by atoms with Crippen molar-refractivity contribution in [1.29, 1.82) is 0 Å². The van der Waals surface area contributed by atoms with Crippen LogP contribution in [-0.2, 0) is 0 Å². The Labute approximate surface area is 153 Å². The van der Waals surface area contributed by atoms with Crippen LogP contribution >= 0.6 is 27.7 Å². The maximum atomic E-state index is 13.2. The van der Waals surface area contributed by atoms with Gasteiger partial charge in [0, 0.05) is 15.1 Å². The van der Waals surface area contributed by atoms with E-state index < -0.39 is 0 Å². The van der Waals surface area contributed by atoms with Crippen LogP contribution in [0.2, 0.25) is 0 Å². The first kappa shape index (κ1) is 15.5. The van der Waals surface area contributed by atoms with Crippen molar-refractivity contribution in [3.05, 3.63) is 94.5 Å². The molecule has 2 nitrogen and oxygen atoms in total. The summed E-state index contributed by atoms with van der Waals surface area (Å²) in [5, 5.41) is -0.0806. The molecule has 0 aromatic heterocycles. The molecule has 4 rings (SSSR count). The van der Waals surface area contributed by atoms with E-state index in [-0.39, 0.29) is 11.3 Å². The van der Waals surface area contributed by atoms with Crippen LogP contribution in [0, 0.1) is 0 Å². The fourth-order valence-electron chi connectivity index (χ4n) is 2.87. The van der Waals surface area contributed by atoms with Crippen molar-refractivity contribution in [3.63, 3.8) is 0 Å². The van der Waals surface area contributed by atoms with E-state index in [1.54, 1.807) is 11.8 Å². The first-order chi connectivity index (χ1) is 11.7. The Hall–Kier alpha value is -2.04. The second-order valence-electron chi connectivity index (χ2n) is 5.53. The van der Waals surface area contributed by atoms with E-state index in [0.29, 0.717) is 0 Å². The molecule has 0 saturated heterocycles. The molecule has 118 valence electrons. The molecule has 3 aromatic rings. The highest BCUT2D eigenvalue weighted by Crippen LogP contribution is 2.46. The van der Waals surface area contributed by atoms with Gasteiger partial charge in [-0.2, -0.15) is 0 Å². The average molecular weight is 396 g/mol. The van der Waals surface area contributed by atoms with Crippen LogP contribution in [0.4, 0.5) is 5.69 Å². The molecule has 0 spiro atoms. The minimum Gasteiger partial charge on any atom is -0.291 e. The molecule has 1 amide bonds. The molecule has 1 aliphatic rings. The summed E-state index contributed by atoms with van der Waals surface area (Å²) in [6, 6.07) is 25.9. The number of thioether (sulfide) groups is 1. The van der Waals surface area contributed by atoms with Crippen LogP contribution in [0.1, 0.15) is 21.3 Å². The molecule has 0 saturated carbocycles. The van der Waals surface area contributed by atoms with Crippen LogP contribution < -0.4 is 4.90 Å². The minimum atomic E-state index is -0.0806. The van der Waals surface area contributed by atoms with Gasteiger partial charge in [-0.1, -0.05) is 76.2 Å². The molecule has 1 aliphatic heterocycles. The Kier molecular flexibility index (Phi) is 4.17. The Morgan fingerprint density at radius 1 is 0.875 bits per heavy atom. The summed E-state index contributed by atoms with van der Waals surface area (Å²) >= 11 is 5.22. The number of hydrogen-bond acceptors (Lipinski definition) is 2. The number of carbonyl (C=O) groups excluding carboxylic acids is 1. The normalized spacial score (nSPS) is 16.8. The molecular formula is C20H14BrNOS. The van der Waals surface area contributed by atoms with E-state index in [1.807, 2.05) is 71.6 Å². The predicted molar refractivity (Wildman–Crippen MR) is 102 cm³/mol. The lowest BCUT2D eigenvalue weighted by atomic mass is 10.1. The zero-order valence-electron chi connectivity index (χ0n) is 12.7. The lowest BCUT2D eigenvalue weighted by Gasteiger charge is -2.36. The zero-order chi connectivity index (χ0) is 16.5. The van der Waals surface area contributed by atoms with E-state index in [1.165, 1.54) is 0 Å². The van der Waals surface area contributed by atoms with Crippen LogP contribution in [0.25, 0.3) is 0 Å². The van der Waals surface area contributed by atoms with Crippen molar-refractivity contribution in [2.24, 2.45) is 0 Å². The Bertz CT molecular complexity index is 897. The van der Waals surface area contributed by atoms with Gasteiger partial charge in [-0.25, -0.2) is 0 Å². The fraction of sp³-hybridized carbons (Fsp3) is 0.0500. The Morgan fingerprint density at radius 2 is 1.62 bits per heavy atom. The number of anilines is 1. The van der Waals surface area contributed by atoms with Gasteiger partial charge < -0.3 is 0 Å². The molecule has 4 heteroatoms. The van der Waals surface area contributed by atoms with Gasteiger partial charge in [0.2, 0.25) is 0 Å². The van der Waals surface area contributed by atoms with Crippen molar-refractivity contribution in [2.45, 2.75) is 10.3 Å². The van der Waals surface area contributed by atoms with Gasteiger partial charge in [0.1, 0.15) is 5.37 Å². The van der Waals surface area contributed by atoms with Crippen molar-refractivity contribution in [2.75, 3.05) is 4.90 Å². The SMILES string of the molecule is O=C1c2ccccc2SC(c2ccccc2)N1c1cccc(Br)c1. The summed E-state index contributed by atoms with van der Waals surface area (Å²) < 4.78 is 0.962. The lowest BCUT2D eigenvalue weighted by molar-refractivity contribution is 0.0979. The van der Waals surface area contributed by atoms with Gasteiger partial charge in [-0.05, 0) is 35.9 Å². The van der Waals surface area contributed by atoms with E-state index in [0.717, 1.165) is 26.2 Å². The lowest BCUT2D eigenvalue weighted by Crippen LogP contribution is -2.36. The summed E-state index contributed by atoms with van der Waals surface area (Å²) in [4.78, 5) is 16.1. The summed E-state index contributed by atoms with van der Waals surface area (Å²) in [5.74, 6) is 0.0382. The fourth-order valence-corrected chi connectivity index (χ4v) is 4.55. The Morgan fingerprint density at radius 3 is 2.42 bits per heavy atom. The molecule has 1 unspecified atom stereocenters. The van der Waals surface area contributed by atoms with E-state index >= 15 is 0 Å². The zero-order valence-corrected chi connectivity index (χ0v) is 15.1.